The molecular weight excluding hydrogens is 465 g/mol. The Kier molecular flexibility index (Phi) is 7.46. The van der Waals surface area contributed by atoms with Gasteiger partial charge in [0.2, 0.25) is 5.91 Å². The highest BCUT2D eigenvalue weighted by Gasteiger charge is 2.22. The van der Waals surface area contributed by atoms with Gasteiger partial charge in [-0.15, -0.1) is 10.2 Å². The van der Waals surface area contributed by atoms with Crippen molar-refractivity contribution in [2.24, 2.45) is 0 Å². The van der Waals surface area contributed by atoms with E-state index >= 15 is 0 Å². The van der Waals surface area contributed by atoms with Gasteiger partial charge in [-0.2, -0.15) is 0 Å². The highest BCUT2D eigenvalue weighted by molar-refractivity contribution is 8.00. The Morgan fingerprint density at radius 3 is 2.66 bits per heavy atom. The highest BCUT2D eigenvalue weighted by Crippen LogP contribution is 2.29. The summed E-state index contributed by atoms with van der Waals surface area (Å²) in [5.74, 6) is 0.311. The molecule has 1 aliphatic carbocycles. The Bertz CT molecular complexity index is 1180. The summed E-state index contributed by atoms with van der Waals surface area (Å²) >= 11 is 1.39. The zero-order chi connectivity index (χ0) is 24.2. The van der Waals surface area contributed by atoms with Crippen LogP contribution in [0.25, 0.3) is 11.4 Å². The summed E-state index contributed by atoms with van der Waals surface area (Å²) in [6.07, 6.45) is 3.36. The van der Waals surface area contributed by atoms with Crippen molar-refractivity contribution in [2.45, 2.75) is 43.1 Å². The minimum Gasteiger partial charge on any atom is -0.379 e. The molecule has 1 fully saturated rings. The van der Waals surface area contributed by atoms with Crippen molar-refractivity contribution >= 4 is 23.4 Å². The maximum atomic E-state index is 13.5. The number of aryl methyl sites for hydroxylation is 2. The van der Waals surface area contributed by atoms with Crippen LogP contribution in [0.1, 0.15) is 24.5 Å². The number of aromatic nitrogens is 3. The van der Waals surface area contributed by atoms with Gasteiger partial charge in [0.1, 0.15) is 5.82 Å². The molecule has 7 nitrogen and oxygen atoms in total. The van der Waals surface area contributed by atoms with Crippen LogP contribution < -0.4 is 5.32 Å². The molecule has 1 aromatic heterocycles. The number of halogens is 1. The second-order valence-electron chi connectivity index (χ2n) is 9.01. The van der Waals surface area contributed by atoms with E-state index in [0.717, 1.165) is 56.9 Å². The van der Waals surface area contributed by atoms with Crippen LogP contribution in [-0.2, 0) is 28.9 Å². The summed E-state index contributed by atoms with van der Waals surface area (Å²) in [7, 11) is 0. The molecule has 0 radical (unpaired) electrons. The number of hydrogen-bond acceptors (Lipinski definition) is 6. The summed E-state index contributed by atoms with van der Waals surface area (Å²) in [5, 5.41) is 12.2. The van der Waals surface area contributed by atoms with E-state index in [1.807, 2.05) is 17.6 Å². The molecule has 35 heavy (non-hydrogen) atoms. The van der Waals surface area contributed by atoms with Gasteiger partial charge in [0.15, 0.2) is 11.0 Å². The monoisotopic (exact) mass is 495 g/mol. The first-order valence-electron chi connectivity index (χ1n) is 12.2. The van der Waals surface area contributed by atoms with Crippen LogP contribution in [0.3, 0.4) is 0 Å². The third kappa shape index (κ3) is 5.74. The number of benzene rings is 2. The predicted molar refractivity (Wildman–Crippen MR) is 135 cm³/mol. The van der Waals surface area contributed by atoms with Crippen LogP contribution in [0.4, 0.5) is 10.1 Å². The molecule has 2 aliphatic rings. The van der Waals surface area contributed by atoms with E-state index in [-0.39, 0.29) is 17.0 Å². The summed E-state index contributed by atoms with van der Waals surface area (Å²) in [4.78, 5) is 15.3. The van der Waals surface area contributed by atoms with E-state index < -0.39 is 0 Å². The average Bonchev–Trinajstić information content (AvgIpc) is 3.50. The number of thioether (sulfide) groups is 1. The molecule has 0 unspecified atom stereocenters. The van der Waals surface area contributed by atoms with Crippen molar-refractivity contribution in [3.05, 3.63) is 59.4 Å². The third-order valence-electron chi connectivity index (χ3n) is 6.58. The van der Waals surface area contributed by atoms with Crippen LogP contribution in [-0.4, -0.2) is 63.7 Å². The molecule has 0 spiro atoms. The van der Waals surface area contributed by atoms with E-state index in [4.69, 9.17) is 4.74 Å². The molecule has 1 N–H and O–H groups in total. The summed E-state index contributed by atoms with van der Waals surface area (Å²) in [5.41, 5.74) is 4.34. The van der Waals surface area contributed by atoms with E-state index in [2.05, 4.69) is 32.5 Å². The van der Waals surface area contributed by atoms with Crippen molar-refractivity contribution in [1.82, 2.24) is 19.7 Å². The molecule has 1 saturated heterocycles. The van der Waals surface area contributed by atoms with Crippen LogP contribution in [0.5, 0.6) is 0 Å². The van der Waals surface area contributed by atoms with Crippen LogP contribution in [0.2, 0.25) is 0 Å². The van der Waals surface area contributed by atoms with Crippen molar-refractivity contribution in [2.75, 3.05) is 38.2 Å². The van der Waals surface area contributed by atoms with Crippen LogP contribution in [0.15, 0.2) is 47.6 Å². The highest BCUT2D eigenvalue weighted by atomic mass is 32.2. The molecule has 2 heterocycles. The van der Waals surface area contributed by atoms with E-state index in [1.54, 1.807) is 12.1 Å². The first-order valence-corrected chi connectivity index (χ1v) is 13.0. The topological polar surface area (TPSA) is 72.3 Å². The fourth-order valence-corrected chi connectivity index (χ4v) is 5.44. The molecule has 1 aliphatic heterocycles. The Labute approximate surface area is 209 Å². The lowest BCUT2D eigenvalue weighted by molar-refractivity contribution is -0.115. The lowest BCUT2D eigenvalue weighted by atomic mass is 10.1. The Morgan fingerprint density at radius 1 is 1.09 bits per heavy atom. The molecule has 0 saturated carbocycles. The molecule has 3 aromatic rings. The van der Waals surface area contributed by atoms with Gasteiger partial charge >= 0.3 is 0 Å². The SMILES string of the molecule is C[C@@H](Sc1nnc(-c2ccc(F)cc2)n1CCN1CCOCC1)C(=O)Nc1ccc2c(c1)CCC2. The van der Waals surface area contributed by atoms with Gasteiger partial charge in [-0.05, 0) is 73.7 Å². The molecule has 5 rings (SSSR count). The number of carbonyl (C=O) groups is 1. The molecule has 1 atom stereocenters. The quantitative estimate of drug-likeness (QED) is 0.476. The predicted octanol–water partition coefficient (Wildman–Crippen LogP) is 4.02. The molecule has 2 aromatic carbocycles. The van der Waals surface area contributed by atoms with Crippen molar-refractivity contribution in [3.63, 3.8) is 0 Å². The molecule has 9 heteroatoms. The number of morpholine rings is 1. The van der Waals surface area contributed by atoms with Gasteiger partial charge in [-0.1, -0.05) is 17.8 Å². The number of amides is 1. The fraction of sp³-hybridized carbons (Fsp3) is 0.423. The fourth-order valence-electron chi connectivity index (χ4n) is 4.56. The number of hydrogen-bond donors (Lipinski definition) is 1. The summed E-state index contributed by atoms with van der Waals surface area (Å²) in [6, 6.07) is 12.5. The standard InChI is InChI=1S/C26H30FN5O2S/c1-18(25(33)28-23-10-7-19-3-2-4-21(19)17-23)35-26-30-29-24(20-5-8-22(27)9-6-20)32(26)12-11-31-13-15-34-16-14-31/h5-10,17-18H,2-4,11-16H2,1H3,(H,28,33)/t18-/m1/s1. The normalized spacial score (nSPS) is 16.7. The molecule has 1 amide bonds. The van der Waals surface area contributed by atoms with E-state index in [0.29, 0.717) is 17.5 Å². The number of anilines is 1. The second kappa shape index (κ2) is 10.9. The maximum Gasteiger partial charge on any atom is 0.237 e. The van der Waals surface area contributed by atoms with Gasteiger partial charge in [0.25, 0.3) is 0 Å². The van der Waals surface area contributed by atoms with Crippen molar-refractivity contribution in [3.8, 4) is 11.4 Å². The van der Waals surface area contributed by atoms with Gasteiger partial charge in [-0.3, -0.25) is 9.69 Å². The van der Waals surface area contributed by atoms with Gasteiger partial charge < -0.3 is 14.6 Å². The van der Waals surface area contributed by atoms with Crippen LogP contribution in [0, 0.1) is 5.82 Å². The Morgan fingerprint density at radius 2 is 1.86 bits per heavy atom. The molecule has 0 bridgehead atoms. The largest absolute Gasteiger partial charge is 0.379 e. The van der Waals surface area contributed by atoms with Gasteiger partial charge in [-0.25, -0.2) is 4.39 Å². The van der Waals surface area contributed by atoms with E-state index in [1.165, 1.54) is 41.4 Å². The van der Waals surface area contributed by atoms with Crippen molar-refractivity contribution < 1.29 is 13.9 Å². The van der Waals surface area contributed by atoms with Crippen molar-refractivity contribution in [1.29, 1.82) is 0 Å². The third-order valence-corrected chi connectivity index (χ3v) is 7.66. The number of rotatable bonds is 8. The zero-order valence-corrected chi connectivity index (χ0v) is 20.7. The number of fused-ring (bicyclic) bond motifs is 1. The zero-order valence-electron chi connectivity index (χ0n) is 19.9. The number of nitrogens with zero attached hydrogens (tertiary/aromatic N) is 4. The minimum atomic E-state index is -0.365. The number of carbonyl (C=O) groups excluding carboxylic acids is 1. The minimum absolute atomic E-state index is 0.0704. The molecular formula is C26H30FN5O2S. The number of ether oxygens (including phenoxy) is 1. The van der Waals surface area contributed by atoms with Crippen LogP contribution >= 0.6 is 11.8 Å². The average molecular weight is 496 g/mol. The summed E-state index contributed by atoms with van der Waals surface area (Å²) in [6.45, 7) is 6.60. The summed E-state index contributed by atoms with van der Waals surface area (Å²) < 4.78 is 21.0. The first kappa shape index (κ1) is 24.0. The number of nitrogens with one attached hydrogen (secondary N) is 1. The molecule has 184 valence electrons. The van der Waals surface area contributed by atoms with Gasteiger partial charge in [0, 0.05) is 37.4 Å². The lowest BCUT2D eigenvalue weighted by Gasteiger charge is -2.27. The smallest absolute Gasteiger partial charge is 0.237 e. The second-order valence-corrected chi connectivity index (χ2v) is 10.3. The van der Waals surface area contributed by atoms with E-state index in [9.17, 15) is 9.18 Å². The lowest BCUT2D eigenvalue weighted by Crippen LogP contribution is -2.38. The first-order chi connectivity index (χ1) is 17.1. The Balaban J connectivity index is 1.31. The maximum absolute atomic E-state index is 13.5. The van der Waals surface area contributed by atoms with Gasteiger partial charge in [0.05, 0.1) is 18.5 Å². The Hall–Kier alpha value is -2.75.